The van der Waals surface area contributed by atoms with Gasteiger partial charge in [-0.05, 0) is 30.0 Å². The fraction of sp³-hybridized carbons (Fsp3) is 0.316. The van der Waals surface area contributed by atoms with Crippen LogP contribution in [-0.2, 0) is 6.61 Å². The summed E-state index contributed by atoms with van der Waals surface area (Å²) in [6.45, 7) is 0.667. The van der Waals surface area contributed by atoms with E-state index in [0.29, 0.717) is 13.1 Å². The molecular weight excluding hydrogens is 356 g/mol. The van der Waals surface area contributed by atoms with Gasteiger partial charge in [-0.25, -0.2) is 18.6 Å². The minimum Gasteiger partial charge on any atom is -0.473 e. The largest absolute Gasteiger partial charge is 0.473 e. The zero-order valence-corrected chi connectivity index (χ0v) is 14.1. The van der Waals surface area contributed by atoms with E-state index in [0.717, 1.165) is 6.07 Å². The Morgan fingerprint density at radius 1 is 1.26 bits per heavy atom. The molecule has 0 spiro atoms. The van der Waals surface area contributed by atoms with Crippen LogP contribution < -0.4 is 4.74 Å². The Labute approximate surface area is 153 Å². The molecular formula is C19H15F2N3O3. The first-order valence-electron chi connectivity index (χ1n) is 8.43. The van der Waals surface area contributed by atoms with Gasteiger partial charge >= 0.3 is 6.09 Å². The topological polar surface area (TPSA) is 86.5 Å². The second-order valence-electron chi connectivity index (χ2n) is 6.76. The maximum atomic E-state index is 14.2. The summed E-state index contributed by atoms with van der Waals surface area (Å²) in [4.78, 5) is 16.5. The Kier molecular flexibility index (Phi) is 4.15. The van der Waals surface area contributed by atoms with Gasteiger partial charge in [0.1, 0.15) is 18.2 Å². The molecule has 2 heterocycles. The third kappa shape index (κ3) is 3.16. The van der Waals surface area contributed by atoms with Crippen molar-refractivity contribution in [2.24, 2.45) is 11.8 Å². The van der Waals surface area contributed by atoms with Gasteiger partial charge in [0, 0.05) is 30.6 Å². The number of hydrogen-bond donors (Lipinski definition) is 1. The molecule has 0 unspecified atom stereocenters. The summed E-state index contributed by atoms with van der Waals surface area (Å²) < 4.78 is 33.6. The zero-order chi connectivity index (χ0) is 19.1. The van der Waals surface area contributed by atoms with E-state index in [4.69, 9.17) is 15.1 Å². The van der Waals surface area contributed by atoms with Crippen molar-refractivity contribution in [1.29, 1.82) is 5.26 Å². The molecule has 4 rings (SSSR count). The molecule has 3 atom stereocenters. The second kappa shape index (κ2) is 6.50. The number of halogens is 2. The number of aromatic nitrogens is 1. The summed E-state index contributed by atoms with van der Waals surface area (Å²) in [5.74, 6) is -0.787. The number of pyridine rings is 1. The van der Waals surface area contributed by atoms with Crippen molar-refractivity contribution in [3.8, 4) is 11.9 Å². The third-order valence-electron chi connectivity index (χ3n) is 5.19. The average molecular weight is 371 g/mol. The number of carbonyl (C=O) groups is 1. The summed E-state index contributed by atoms with van der Waals surface area (Å²) in [6, 6.07) is 8.57. The van der Waals surface area contributed by atoms with Gasteiger partial charge in [0.15, 0.2) is 0 Å². The van der Waals surface area contributed by atoms with Crippen LogP contribution in [0.4, 0.5) is 13.6 Å². The fourth-order valence-electron chi connectivity index (χ4n) is 3.73. The first-order chi connectivity index (χ1) is 13.0. The Balaban J connectivity index is 1.45. The molecule has 1 N–H and O–H groups in total. The van der Waals surface area contributed by atoms with Gasteiger partial charge in [-0.3, -0.25) is 0 Å². The molecule has 0 bridgehead atoms. The van der Waals surface area contributed by atoms with Gasteiger partial charge in [0.25, 0.3) is 0 Å². The molecule has 6 nitrogen and oxygen atoms in total. The van der Waals surface area contributed by atoms with Gasteiger partial charge in [-0.2, -0.15) is 5.26 Å². The molecule has 138 valence electrons. The molecule has 0 radical (unpaired) electrons. The lowest BCUT2D eigenvalue weighted by molar-refractivity contribution is 0.149. The van der Waals surface area contributed by atoms with E-state index in [1.165, 1.54) is 29.2 Å². The number of benzene rings is 1. The second-order valence-corrected chi connectivity index (χ2v) is 6.76. The van der Waals surface area contributed by atoms with Crippen molar-refractivity contribution in [3.05, 3.63) is 58.8 Å². The van der Waals surface area contributed by atoms with Crippen molar-refractivity contribution >= 4 is 6.09 Å². The molecule has 1 aliphatic carbocycles. The van der Waals surface area contributed by atoms with Crippen LogP contribution in [-0.4, -0.2) is 34.2 Å². The van der Waals surface area contributed by atoms with Gasteiger partial charge < -0.3 is 14.7 Å². The number of amides is 1. The highest BCUT2D eigenvalue weighted by Gasteiger charge is 2.58. The van der Waals surface area contributed by atoms with E-state index in [9.17, 15) is 13.6 Å². The molecule has 2 aliphatic rings. The highest BCUT2D eigenvalue weighted by Crippen LogP contribution is 2.58. The normalized spacial score (nSPS) is 22.9. The molecule has 27 heavy (non-hydrogen) atoms. The molecule has 1 saturated heterocycles. The van der Waals surface area contributed by atoms with Crippen LogP contribution in [0.1, 0.15) is 22.7 Å². The van der Waals surface area contributed by atoms with Crippen LogP contribution in [0, 0.1) is 34.8 Å². The molecule has 2 aromatic rings. The minimum absolute atomic E-state index is 0.0781. The quantitative estimate of drug-likeness (QED) is 0.892. The van der Waals surface area contributed by atoms with E-state index in [2.05, 4.69) is 4.98 Å². The zero-order valence-electron chi connectivity index (χ0n) is 14.1. The van der Waals surface area contributed by atoms with Crippen molar-refractivity contribution in [1.82, 2.24) is 9.88 Å². The smallest absolute Gasteiger partial charge is 0.407 e. The van der Waals surface area contributed by atoms with E-state index < -0.39 is 17.7 Å². The molecule has 1 amide bonds. The standard InChI is InChI=1S/C19H15F2N3O3/c20-14-3-4-16(27-9-11-2-1-10(6-22)5-15(11)21)23-18(14)17-12-7-24(19(25)26)8-13(12)17/h1-5,12-13,17H,7-9H2,(H,25,26)/t12-,13+,17-. The molecule has 1 aromatic carbocycles. The van der Waals surface area contributed by atoms with Gasteiger partial charge in [0.2, 0.25) is 5.88 Å². The number of nitriles is 1. The minimum atomic E-state index is -0.962. The summed E-state index contributed by atoms with van der Waals surface area (Å²) in [6.07, 6.45) is -0.962. The number of rotatable bonds is 4. The lowest BCUT2D eigenvalue weighted by Gasteiger charge is -2.16. The SMILES string of the molecule is N#Cc1ccc(COc2ccc(F)c([C@@H]3[C@@H]4CN(C(=O)O)C[C@@H]43)n2)c(F)c1. The van der Waals surface area contributed by atoms with Crippen molar-refractivity contribution in [2.75, 3.05) is 13.1 Å². The van der Waals surface area contributed by atoms with Crippen LogP contribution in [0.2, 0.25) is 0 Å². The summed E-state index contributed by atoms with van der Waals surface area (Å²) in [5.41, 5.74) is 0.754. The Morgan fingerprint density at radius 2 is 2.00 bits per heavy atom. The van der Waals surface area contributed by atoms with Crippen LogP contribution >= 0.6 is 0 Å². The van der Waals surface area contributed by atoms with Crippen LogP contribution in [0.25, 0.3) is 0 Å². The van der Waals surface area contributed by atoms with Crippen molar-refractivity contribution in [2.45, 2.75) is 12.5 Å². The predicted molar refractivity (Wildman–Crippen MR) is 89.0 cm³/mol. The van der Waals surface area contributed by atoms with Crippen LogP contribution in [0.3, 0.4) is 0 Å². The molecule has 8 heteroatoms. The number of nitrogens with zero attached hydrogens (tertiary/aromatic N) is 3. The Hall–Kier alpha value is -3.21. The lowest BCUT2D eigenvalue weighted by atomic mass is 10.1. The summed E-state index contributed by atoms with van der Waals surface area (Å²) >= 11 is 0. The monoisotopic (exact) mass is 371 g/mol. The number of hydrogen-bond acceptors (Lipinski definition) is 4. The third-order valence-corrected chi connectivity index (χ3v) is 5.19. The number of ether oxygens (including phenoxy) is 1. The average Bonchev–Trinajstić information content (AvgIpc) is 3.13. The molecule has 1 saturated carbocycles. The van der Waals surface area contributed by atoms with Crippen LogP contribution in [0.15, 0.2) is 30.3 Å². The van der Waals surface area contributed by atoms with E-state index >= 15 is 0 Å². The van der Waals surface area contributed by atoms with Gasteiger partial charge in [0.05, 0.1) is 17.3 Å². The predicted octanol–water partition coefficient (Wildman–Crippen LogP) is 3.13. The fourth-order valence-corrected chi connectivity index (χ4v) is 3.73. The number of likely N-dealkylation sites (tertiary alicyclic amines) is 1. The highest BCUT2D eigenvalue weighted by atomic mass is 19.1. The molecule has 1 aliphatic heterocycles. The van der Waals surface area contributed by atoms with Gasteiger partial charge in [-0.15, -0.1) is 0 Å². The van der Waals surface area contributed by atoms with Gasteiger partial charge in [-0.1, -0.05) is 6.07 Å². The van der Waals surface area contributed by atoms with E-state index in [1.807, 2.05) is 6.07 Å². The Morgan fingerprint density at radius 3 is 2.63 bits per heavy atom. The summed E-state index contributed by atoms with van der Waals surface area (Å²) in [7, 11) is 0. The summed E-state index contributed by atoms with van der Waals surface area (Å²) in [5, 5.41) is 17.8. The number of piperidine rings is 1. The van der Waals surface area contributed by atoms with Crippen LogP contribution in [0.5, 0.6) is 5.88 Å². The first kappa shape index (κ1) is 17.2. The van der Waals surface area contributed by atoms with Crippen molar-refractivity contribution < 1.29 is 23.4 Å². The lowest BCUT2D eigenvalue weighted by Crippen LogP contribution is -2.29. The molecule has 2 fully saturated rings. The number of fused-ring (bicyclic) bond motifs is 1. The van der Waals surface area contributed by atoms with E-state index in [1.54, 1.807) is 0 Å². The maximum absolute atomic E-state index is 14.2. The van der Waals surface area contributed by atoms with E-state index in [-0.39, 0.29) is 47.1 Å². The molecule has 1 aromatic heterocycles. The first-order valence-corrected chi connectivity index (χ1v) is 8.43. The Bertz CT molecular complexity index is 948. The highest BCUT2D eigenvalue weighted by molar-refractivity contribution is 5.66. The van der Waals surface area contributed by atoms with Crippen molar-refractivity contribution in [3.63, 3.8) is 0 Å². The maximum Gasteiger partial charge on any atom is 0.407 e. The number of carboxylic acid groups (broad SMARTS) is 1.